The predicted octanol–water partition coefficient (Wildman–Crippen LogP) is 2.62. The minimum Gasteiger partial charge on any atom is -0.486 e. The molecule has 0 amide bonds. The highest BCUT2D eigenvalue weighted by atomic mass is 16.5. The molecule has 1 N–H and O–H groups in total. The van der Waals surface area contributed by atoms with Crippen LogP contribution in [0.3, 0.4) is 0 Å². The third-order valence-corrected chi connectivity index (χ3v) is 3.27. The van der Waals surface area contributed by atoms with Crippen molar-refractivity contribution in [3.05, 3.63) is 47.3 Å². The molecule has 94 valence electrons. The van der Waals surface area contributed by atoms with Crippen LogP contribution >= 0.6 is 0 Å². The second-order valence-corrected chi connectivity index (χ2v) is 4.54. The molecule has 1 aromatic heterocycles. The van der Waals surface area contributed by atoms with Crippen molar-refractivity contribution in [2.75, 3.05) is 0 Å². The van der Waals surface area contributed by atoms with E-state index in [0.717, 1.165) is 30.6 Å². The summed E-state index contributed by atoms with van der Waals surface area (Å²) >= 11 is 0. The van der Waals surface area contributed by atoms with Gasteiger partial charge in [0.2, 0.25) is 0 Å². The van der Waals surface area contributed by atoms with Gasteiger partial charge in [-0.2, -0.15) is 0 Å². The highest BCUT2D eigenvalue weighted by Crippen LogP contribution is 2.32. The van der Waals surface area contributed by atoms with E-state index in [2.05, 4.69) is 5.16 Å². The van der Waals surface area contributed by atoms with Crippen molar-refractivity contribution in [1.82, 2.24) is 5.16 Å². The molecule has 1 heterocycles. The fourth-order valence-corrected chi connectivity index (χ4v) is 2.31. The van der Waals surface area contributed by atoms with Crippen molar-refractivity contribution >= 4 is 0 Å². The molecular formula is C14H15NO3. The molecule has 18 heavy (non-hydrogen) atoms. The number of aliphatic hydroxyl groups is 1. The monoisotopic (exact) mass is 245 g/mol. The van der Waals surface area contributed by atoms with Crippen LogP contribution in [0.25, 0.3) is 0 Å². The van der Waals surface area contributed by atoms with E-state index in [9.17, 15) is 5.11 Å². The van der Waals surface area contributed by atoms with Gasteiger partial charge in [0, 0.05) is 6.07 Å². The van der Waals surface area contributed by atoms with Gasteiger partial charge < -0.3 is 14.4 Å². The first-order valence-electron chi connectivity index (χ1n) is 6.16. The summed E-state index contributed by atoms with van der Waals surface area (Å²) in [7, 11) is 0. The Kier molecular flexibility index (Phi) is 3.02. The second kappa shape index (κ2) is 4.82. The van der Waals surface area contributed by atoms with Gasteiger partial charge in [0.25, 0.3) is 0 Å². The summed E-state index contributed by atoms with van der Waals surface area (Å²) in [4.78, 5) is 0. The van der Waals surface area contributed by atoms with Gasteiger partial charge in [0.1, 0.15) is 12.4 Å². The fourth-order valence-electron chi connectivity index (χ4n) is 2.31. The van der Waals surface area contributed by atoms with Gasteiger partial charge in [-0.25, -0.2) is 0 Å². The number of benzene rings is 1. The van der Waals surface area contributed by atoms with Crippen molar-refractivity contribution in [3.63, 3.8) is 0 Å². The number of aryl methyl sites for hydroxylation is 1. The van der Waals surface area contributed by atoms with E-state index in [0.29, 0.717) is 12.4 Å². The zero-order chi connectivity index (χ0) is 12.4. The Hall–Kier alpha value is -1.81. The van der Waals surface area contributed by atoms with E-state index in [1.54, 1.807) is 12.3 Å². The zero-order valence-electron chi connectivity index (χ0n) is 10.0. The van der Waals surface area contributed by atoms with Crippen LogP contribution in [0, 0.1) is 0 Å². The molecular weight excluding hydrogens is 230 g/mol. The molecule has 1 aliphatic rings. The van der Waals surface area contributed by atoms with Gasteiger partial charge in [0.05, 0.1) is 12.3 Å². The lowest BCUT2D eigenvalue weighted by atomic mass is 9.89. The third-order valence-electron chi connectivity index (χ3n) is 3.27. The lowest BCUT2D eigenvalue weighted by Gasteiger charge is -2.21. The summed E-state index contributed by atoms with van der Waals surface area (Å²) in [6.45, 7) is 0.356. The Morgan fingerprint density at radius 2 is 2.33 bits per heavy atom. The first kappa shape index (κ1) is 11.3. The Morgan fingerprint density at radius 1 is 1.39 bits per heavy atom. The van der Waals surface area contributed by atoms with Crippen LogP contribution in [0.4, 0.5) is 0 Å². The molecule has 4 heteroatoms. The Balaban J connectivity index is 1.75. The molecule has 0 saturated carbocycles. The number of hydrogen-bond donors (Lipinski definition) is 1. The first-order valence-corrected chi connectivity index (χ1v) is 6.16. The van der Waals surface area contributed by atoms with Gasteiger partial charge in [-0.15, -0.1) is 0 Å². The summed E-state index contributed by atoms with van der Waals surface area (Å²) in [6, 6.07) is 7.67. The maximum atomic E-state index is 9.95. The molecule has 4 nitrogen and oxygen atoms in total. The van der Waals surface area contributed by atoms with Crippen LogP contribution in [0.2, 0.25) is 0 Å². The summed E-state index contributed by atoms with van der Waals surface area (Å²) in [5.74, 6) is 1.44. The van der Waals surface area contributed by atoms with Crippen molar-refractivity contribution < 1.29 is 14.4 Å². The minimum absolute atomic E-state index is 0.356. The van der Waals surface area contributed by atoms with Gasteiger partial charge in [-0.1, -0.05) is 11.2 Å². The van der Waals surface area contributed by atoms with Crippen LogP contribution in [-0.4, -0.2) is 10.3 Å². The summed E-state index contributed by atoms with van der Waals surface area (Å²) in [5.41, 5.74) is 2.22. The normalized spacial score (nSPS) is 18.4. The number of aromatic nitrogens is 1. The molecule has 3 rings (SSSR count). The highest BCUT2D eigenvalue weighted by molar-refractivity contribution is 5.38. The minimum atomic E-state index is -0.359. The average Bonchev–Trinajstić information content (AvgIpc) is 2.90. The Bertz CT molecular complexity index is 522. The molecule has 0 fully saturated rings. The number of hydrogen-bond acceptors (Lipinski definition) is 4. The largest absolute Gasteiger partial charge is 0.486 e. The van der Waals surface area contributed by atoms with Gasteiger partial charge in [-0.3, -0.25) is 0 Å². The number of aliphatic hydroxyl groups excluding tert-OH is 1. The molecule has 1 aromatic carbocycles. The summed E-state index contributed by atoms with van der Waals surface area (Å²) in [6.07, 6.45) is 4.15. The molecule has 0 spiro atoms. The number of nitrogens with zero attached hydrogens (tertiary/aromatic N) is 1. The van der Waals surface area contributed by atoms with E-state index >= 15 is 0 Å². The van der Waals surface area contributed by atoms with E-state index in [-0.39, 0.29) is 6.10 Å². The number of fused-ring (bicyclic) bond motifs is 1. The first-order chi connectivity index (χ1) is 8.83. The standard InChI is InChI=1S/C14H15NO3/c16-14-3-1-2-10-4-5-11(8-13(10)14)17-9-12-6-7-15-18-12/h4-8,14,16H,1-3,9H2/t14-/m1/s1. The molecule has 0 saturated heterocycles. The zero-order valence-corrected chi connectivity index (χ0v) is 10.0. The van der Waals surface area contributed by atoms with Crippen LogP contribution in [0.5, 0.6) is 5.75 Å². The molecule has 1 aliphatic carbocycles. The maximum absolute atomic E-state index is 9.95. The van der Waals surface area contributed by atoms with Crippen LogP contribution in [-0.2, 0) is 13.0 Å². The Morgan fingerprint density at radius 3 is 3.17 bits per heavy atom. The second-order valence-electron chi connectivity index (χ2n) is 4.54. The van der Waals surface area contributed by atoms with Crippen molar-refractivity contribution in [2.24, 2.45) is 0 Å². The van der Waals surface area contributed by atoms with Gasteiger partial charge in [0.15, 0.2) is 5.76 Å². The maximum Gasteiger partial charge on any atom is 0.174 e. The lowest BCUT2D eigenvalue weighted by Crippen LogP contribution is -2.09. The van der Waals surface area contributed by atoms with E-state index in [1.165, 1.54) is 5.56 Å². The molecule has 0 radical (unpaired) electrons. The number of rotatable bonds is 3. The van der Waals surface area contributed by atoms with E-state index in [4.69, 9.17) is 9.26 Å². The van der Waals surface area contributed by atoms with Gasteiger partial charge >= 0.3 is 0 Å². The third kappa shape index (κ3) is 2.24. The van der Waals surface area contributed by atoms with Crippen LogP contribution in [0.15, 0.2) is 35.0 Å². The van der Waals surface area contributed by atoms with Crippen LogP contribution in [0.1, 0.15) is 35.8 Å². The SMILES string of the molecule is O[C@@H]1CCCc2ccc(OCc3ccno3)cc21. The van der Waals surface area contributed by atoms with E-state index < -0.39 is 0 Å². The van der Waals surface area contributed by atoms with Gasteiger partial charge in [-0.05, 0) is 42.5 Å². The molecule has 0 bridgehead atoms. The quantitative estimate of drug-likeness (QED) is 0.903. The predicted molar refractivity (Wildman–Crippen MR) is 65.2 cm³/mol. The molecule has 0 aliphatic heterocycles. The summed E-state index contributed by atoms with van der Waals surface area (Å²) < 4.78 is 10.6. The smallest absolute Gasteiger partial charge is 0.174 e. The fraction of sp³-hybridized carbons (Fsp3) is 0.357. The topological polar surface area (TPSA) is 55.5 Å². The summed E-state index contributed by atoms with van der Waals surface area (Å²) in [5, 5.41) is 13.6. The van der Waals surface area contributed by atoms with E-state index in [1.807, 2.05) is 18.2 Å². The lowest BCUT2D eigenvalue weighted by molar-refractivity contribution is 0.155. The molecule has 2 aromatic rings. The van der Waals surface area contributed by atoms with Crippen molar-refractivity contribution in [3.8, 4) is 5.75 Å². The molecule has 0 unspecified atom stereocenters. The average molecular weight is 245 g/mol. The van der Waals surface area contributed by atoms with Crippen molar-refractivity contribution in [2.45, 2.75) is 32.0 Å². The number of ether oxygens (including phenoxy) is 1. The Labute approximate surface area is 105 Å². The highest BCUT2D eigenvalue weighted by Gasteiger charge is 2.18. The van der Waals surface area contributed by atoms with Crippen LogP contribution < -0.4 is 4.74 Å². The molecule has 1 atom stereocenters. The van der Waals surface area contributed by atoms with Crippen molar-refractivity contribution in [1.29, 1.82) is 0 Å².